The van der Waals surface area contributed by atoms with Crippen LogP contribution in [0.3, 0.4) is 0 Å². The Morgan fingerprint density at radius 3 is 3.00 bits per heavy atom. The molecule has 1 unspecified atom stereocenters. The average Bonchev–Trinajstić information content (AvgIpc) is 2.81. The van der Waals surface area contributed by atoms with Crippen LogP contribution >= 0.6 is 11.3 Å². The van der Waals surface area contributed by atoms with E-state index in [9.17, 15) is 9.59 Å². The van der Waals surface area contributed by atoms with Gasteiger partial charge in [-0.1, -0.05) is 0 Å². The van der Waals surface area contributed by atoms with Gasteiger partial charge in [-0.3, -0.25) is 9.59 Å². The van der Waals surface area contributed by atoms with Gasteiger partial charge >= 0.3 is 0 Å². The van der Waals surface area contributed by atoms with Crippen LogP contribution in [0.2, 0.25) is 0 Å². The molecule has 3 rings (SSSR count). The molecular formula is C14H14N2O2S. The molecule has 0 spiro atoms. The van der Waals surface area contributed by atoms with E-state index in [1.165, 1.54) is 4.70 Å². The first kappa shape index (κ1) is 12.2. The molecule has 4 nitrogen and oxygen atoms in total. The van der Waals surface area contributed by atoms with E-state index in [-0.39, 0.29) is 11.8 Å². The molecule has 1 saturated heterocycles. The minimum absolute atomic E-state index is 0.0552. The Morgan fingerprint density at radius 2 is 2.16 bits per heavy atom. The van der Waals surface area contributed by atoms with Crippen LogP contribution in [0.15, 0.2) is 29.6 Å². The van der Waals surface area contributed by atoms with Gasteiger partial charge in [0.05, 0.1) is 0 Å². The van der Waals surface area contributed by atoms with E-state index in [1.807, 2.05) is 29.6 Å². The van der Waals surface area contributed by atoms with Gasteiger partial charge in [0.1, 0.15) is 6.04 Å². The summed E-state index contributed by atoms with van der Waals surface area (Å²) in [6.45, 7) is 2.16. The smallest absolute Gasteiger partial charge is 0.249 e. The lowest BCUT2D eigenvalue weighted by atomic mass is 10.2. The van der Waals surface area contributed by atoms with E-state index in [4.69, 9.17) is 0 Å². The summed E-state index contributed by atoms with van der Waals surface area (Å²) in [4.78, 5) is 25.5. The third-order valence-corrected chi connectivity index (χ3v) is 4.22. The lowest BCUT2D eigenvalue weighted by molar-refractivity contribution is -0.125. The molecule has 1 aromatic carbocycles. The van der Waals surface area contributed by atoms with Crippen LogP contribution in [0, 0.1) is 0 Å². The number of nitrogens with zero attached hydrogens (tertiary/aromatic N) is 1. The number of nitrogens with one attached hydrogen (secondary N) is 1. The second kappa shape index (κ2) is 4.66. The number of amides is 2. The Labute approximate surface area is 115 Å². The summed E-state index contributed by atoms with van der Waals surface area (Å²) >= 11 is 1.68. The minimum Gasteiger partial charge on any atom is -0.345 e. The van der Waals surface area contributed by atoms with Gasteiger partial charge in [-0.2, -0.15) is 0 Å². The topological polar surface area (TPSA) is 49.4 Å². The highest BCUT2D eigenvalue weighted by Gasteiger charge is 2.27. The van der Waals surface area contributed by atoms with Gasteiger partial charge in [-0.25, -0.2) is 0 Å². The zero-order chi connectivity index (χ0) is 13.4. The lowest BCUT2D eigenvalue weighted by Gasteiger charge is -2.22. The summed E-state index contributed by atoms with van der Waals surface area (Å²) in [6, 6.07) is 7.55. The lowest BCUT2D eigenvalue weighted by Crippen LogP contribution is -2.42. The van der Waals surface area contributed by atoms with Crippen molar-refractivity contribution in [1.82, 2.24) is 5.32 Å². The molecule has 2 heterocycles. The quantitative estimate of drug-likeness (QED) is 0.866. The normalized spacial score (nSPS) is 20.5. The fourth-order valence-electron chi connectivity index (χ4n) is 2.31. The van der Waals surface area contributed by atoms with Gasteiger partial charge in [0.25, 0.3) is 0 Å². The Morgan fingerprint density at radius 1 is 1.32 bits per heavy atom. The van der Waals surface area contributed by atoms with Crippen molar-refractivity contribution < 1.29 is 9.59 Å². The molecule has 0 bridgehead atoms. The largest absolute Gasteiger partial charge is 0.345 e. The number of thiophene rings is 1. The van der Waals surface area contributed by atoms with Crippen molar-refractivity contribution in [3.8, 4) is 0 Å². The van der Waals surface area contributed by atoms with Crippen LogP contribution in [0.5, 0.6) is 0 Å². The maximum absolute atomic E-state index is 12.3. The number of benzene rings is 1. The van der Waals surface area contributed by atoms with Crippen molar-refractivity contribution in [2.45, 2.75) is 19.4 Å². The monoisotopic (exact) mass is 274 g/mol. The minimum atomic E-state index is -0.465. The molecule has 19 heavy (non-hydrogen) atoms. The first-order chi connectivity index (χ1) is 9.15. The van der Waals surface area contributed by atoms with Crippen LogP contribution in [-0.2, 0) is 9.59 Å². The van der Waals surface area contributed by atoms with E-state index < -0.39 is 6.04 Å². The summed E-state index contributed by atoms with van der Waals surface area (Å²) in [7, 11) is 0. The van der Waals surface area contributed by atoms with Gasteiger partial charge in [0, 0.05) is 23.4 Å². The predicted molar refractivity (Wildman–Crippen MR) is 76.4 cm³/mol. The van der Waals surface area contributed by atoms with E-state index in [2.05, 4.69) is 5.32 Å². The third kappa shape index (κ3) is 2.21. The van der Waals surface area contributed by atoms with Crippen LogP contribution in [0.4, 0.5) is 5.69 Å². The number of rotatable bonds is 1. The van der Waals surface area contributed by atoms with E-state index in [0.717, 1.165) is 11.1 Å². The molecule has 1 atom stereocenters. The molecule has 0 saturated carbocycles. The molecule has 98 valence electrons. The van der Waals surface area contributed by atoms with Crippen molar-refractivity contribution in [1.29, 1.82) is 0 Å². The summed E-state index contributed by atoms with van der Waals surface area (Å²) in [5.41, 5.74) is 0.860. The Balaban J connectivity index is 1.98. The molecular weight excluding hydrogens is 260 g/mol. The summed E-state index contributed by atoms with van der Waals surface area (Å²) < 4.78 is 1.20. The zero-order valence-corrected chi connectivity index (χ0v) is 11.4. The maximum atomic E-state index is 12.3. The number of fused-ring (bicyclic) bond motifs is 1. The molecule has 2 amide bonds. The number of carbonyl (C=O) groups excluding carboxylic acids is 2. The van der Waals surface area contributed by atoms with Crippen molar-refractivity contribution >= 4 is 38.9 Å². The SMILES string of the molecule is CC1NC(=O)CCN(c2ccc3sccc3c2)C1=O. The number of anilines is 1. The van der Waals surface area contributed by atoms with Crippen molar-refractivity contribution in [3.05, 3.63) is 29.6 Å². The van der Waals surface area contributed by atoms with Gasteiger partial charge in [0.15, 0.2) is 0 Å². The third-order valence-electron chi connectivity index (χ3n) is 3.32. The molecule has 1 fully saturated rings. The molecule has 5 heteroatoms. The highest BCUT2D eigenvalue weighted by Crippen LogP contribution is 2.27. The van der Waals surface area contributed by atoms with Gasteiger partial charge < -0.3 is 10.2 Å². The Hall–Kier alpha value is -1.88. The zero-order valence-electron chi connectivity index (χ0n) is 10.6. The van der Waals surface area contributed by atoms with E-state index >= 15 is 0 Å². The van der Waals surface area contributed by atoms with Crippen molar-refractivity contribution in [2.24, 2.45) is 0 Å². The molecule has 1 aromatic heterocycles. The fourth-order valence-corrected chi connectivity index (χ4v) is 3.08. The van der Waals surface area contributed by atoms with Gasteiger partial charge in [-0.15, -0.1) is 11.3 Å². The van der Waals surface area contributed by atoms with Gasteiger partial charge in [0.2, 0.25) is 11.8 Å². The standard InChI is InChI=1S/C14H14N2O2S/c1-9-14(18)16(6-4-13(17)15-9)11-2-3-12-10(8-11)5-7-19-12/h2-3,5,7-9H,4,6H2,1H3,(H,15,17). The Bertz CT molecular complexity index is 650. The van der Waals surface area contributed by atoms with E-state index in [0.29, 0.717) is 13.0 Å². The van der Waals surface area contributed by atoms with Crippen LogP contribution in [-0.4, -0.2) is 24.4 Å². The Kier molecular flexibility index (Phi) is 2.98. The number of hydrogen-bond acceptors (Lipinski definition) is 3. The van der Waals surface area contributed by atoms with Crippen LogP contribution in [0.25, 0.3) is 10.1 Å². The summed E-state index contributed by atoms with van der Waals surface area (Å²) in [6.07, 6.45) is 0.345. The van der Waals surface area contributed by atoms with Crippen molar-refractivity contribution in [2.75, 3.05) is 11.4 Å². The average molecular weight is 274 g/mol. The van der Waals surface area contributed by atoms with Gasteiger partial charge in [-0.05, 0) is 42.0 Å². The highest BCUT2D eigenvalue weighted by atomic mass is 32.1. The summed E-state index contributed by atoms with van der Waals surface area (Å²) in [5, 5.41) is 5.86. The highest BCUT2D eigenvalue weighted by molar-refractivity contribution is 7.17. The van der Waals surface area contributed by atoms with Crippen LogP contribution in [0.1, 0.15) is 13.3 Å². The summed E-state index contributed by atoms with van der Waals surface area (Å²) in [5.74, 6) is -0.125. The first-order valence-corrected chi connectivity index (χ1v) is 7.11. The molecule has 1 aliphatic rings. The molecule has 2 aromatic rings. The first-order valence-electron chi connectivity index (χ1n) is 6.23. The predicted octanol–water partition coefficient (Wildman–Crippen LogP) is 2.14. The number of hydrogen-bond donors (Lipinski definition) is 1. The molecule has 1 N–H and O–H groups in total. The number of carbonyl (C=O) groups is 2. The molecule has 1 aliphatic heterocycles. The van der Waals surface area contributed by atoms with E-state index in [1.54, 1.807) is 23.2 Å². The molecule has 0 radical (unpaired) electrons. The fraction of sp³-hybridized carbons (Fsp3) is 0.286. The van der Waals surface area contributed by atoms with Crippen LogP contribution < -0.4 is 10.2 Å². The maximum Gasteiger partial charge on any atom is 0.249 e. The second-order valence-electron chi connectivity index (χ2n) is 4.67. The van der Waals surface area contributed by atoms with Crippen molar-refractivity contribution in [3.63, 3.8) is 0 Å². The molecule has 0 aliphatic carbocycles. The second-order valence-corrected chi connectivity index (χ2v) is 5.62.